The van der Waals surface area contributed by atoms with E-state index >= 15 is 0 Å². The SMILES string of the molecule is O=C(N[C@@H]1N=C(c2ccccc2)c2cc(Cl)ccc2N(CC(F)(F)F)C1=O)N1CCC(N2Cc3ccccc3NC2=O)CC1. The summed E-state index contributed by atoms with van der Waals surface area (Å²) in [6.45, 7) is -0.566. The molecule has 228 valence electrons. The van der Waals surface area contributed by atoms with Gasteiger partial charge in [-0.3, -0.25) is 9.69 Å². The van der Waals surface area contributed by atoms with E-state index in [0.717, 1.165) is 11.3 Å². The predicted molar refractivity (Wildman–Crippen MR) is 160 cm³/mol. The number of piperidine rings is 1. The van der Waals surface area contributed by atoms with Gasteiger partial charge in [-0.25, -0.2) is 14.6 Å². The fourth-order valence-electron chi connectivity index (χ4n) is 5.82. The molecular formula is C31H28ClF3N6O3. The molecule has 9 nitrogen and oxygen atoms in total. The highest BCUT2D eigenvalue weighted by Crippen LogP contribution is 2.33. The van der Waals surface area contributed by atoms with Crippen LogP contribution in [0, 0.1) is 0 Å². The second-order valence-electron chi connectivity index (χ2n) is 10.8. The number of carbonyl (C=O) groups is 3. The number of anilines is 2. The lowest BCUT2D eigenvalue weighted by Gasteiger charge is -2.40. The Morgan fingerprint density at radius 2 is 1.70 bits per heavy atom. The molecule has 0 aromatic heterocycles. The molecule has 0 bridgehead atoms. The van der Waals surface area contributed by atoms with Gasteiger partial charge in [0.1, 0.15) is 6.54 Å². The summed E-state index contributed by atoms with van der Waals surface area (Å²) in [7, 11) is 0. The molecule has 3 heterocycles. The minimum Gasteiger partial charge on any atom is -0.325 e. The van der Waals surface area contributed by atoms with E-state index in [9.17, 15) is 27.6 Å². The van der Waals surface area contributed by atoms with Crippen LogP contribution in [0.3, 0.4) is 0 Å². The summed E-state index contributed by atoms with van der Waals surface area (Å²) in [5.74, 6) is -1.02. The quantitative estimate of drug-likeness (QED) is 0.394. The van der Waals surface area contributed by atoms with Gasteiger partial charge >= 0.3 is 18.2 Å². The molecule has 0 saturated carbocycles. The Hall–Kier alpha value is -4.58. The molecule has 3 aliphatic rings. The maximum Gasteiger partial charge on any atom is 0.406 e. The highest BCUT2D eigenvalue weighted by atomic mass is 35.5. The number of halogens is 4. The van der Waals surface area contributed by atoms with Crippen LogP contribution in [-0.4, -0.2) is 71.5 Å². The second kappa shape index (κ2) is 11.8. The van der Waals surface area contributed by atoms with E-state index < -0.39 is 30.8 Å². The van der Waals surface area contributed by atoms with Crippen molar-refractivity contribution in [2.75, 3.05) is 29.9 Å². The van der Waals surface area contributed by atoms with Crippen LogP contribution >= 0.6 is 11.6 Å². The molecule has 13 heteroatoms. The number of urea groups is 2. The number of rotatable bonds is 4. The van der Waals surface area contributed by atoms with Gasteiger partial charge in [-0.15, -0.1) is 0 Å². The van der Waals surface area contributed by atoms with Crippen LogP contribution in [0.2, 0.25) is 5.02 Å². The number of nitrogens with zero attached hydrogens (tertiary/aromatic N) is 4. The van der Waals surface area contributed by atoms with Gasteiger partial charge in [0.15, 0.2) is 0 Å². The van der Waals surface area contributed by atoms with Crippen molar-refractivity contribution in [3.8, 4) is 0 Å². The van der Waals surface area contributed by atoms with Crippen molar-refractivity contribution in [2.24, 2.45) is 4.99 Å². The van der Waals surface area contributed by atoms with Crippen LogP contribution in [0.25, 0.3) is 0 Å². The van der Waals surface area contributed by atoms with Crippen molar-refractivity contribution in [1.82, 2.24) is 15.1 Å². The zero-order valence-electron chi connectivity index (χ0n) is 23.4. The Balaban J connectivity index is 1.23. The van der Waals surface area contributed by atoms with E-state index in [1.807, 2.05) is 24.3 Å². The number of amides is 5. The number of likely N-dealkylation sites (tertiary alicyclic amines) is 1. The molecule has 0 aliphatic carbocycles. The zero-order chi connectivity index (χ0) is 31.0. The molecule has 6 rings (SSSR count). The van der Waals surface area contributed by atoms with E-state index in [0.29, 0.717) is 29.8 Å². The number of alkyl halides is 3. The van der Waals surface area contributed by atoms with Crippen LogP contribution in [0.1, 0.15) is 29.5 Å². The number of fused-ring (bicyclic) bond motifs is 2. The molecule has 44 heavy (non-hydrogen) atoms. The Morgan fingerprint density at radius 3 is 2.43 bits per heavy atom. The number of benzodiazepines with no additional fused rings is 1. The Labute approximate surface area is 256 Å². The van der Waals surface area contributed by atoms with E-state index in [1.165, 1.54) is 23.1 Å². The normalized spacial score (nSPS) is 19.0. The molecule has 2 N–H and O–H groups in total. The molecule has 3 aromatic carbocycles. The van der Waals surface area contributed by atoms with Gasteiger partial charge in [-0.1, -0.05) is 60.1 Å². The number of carbonyl (C=O) groups excluding carboxylic acids is 3. The highest BCUT2D eigenvalue weighted by Gasteiger charge is 2.41. The van der Waals surface area contributed by atoms with Gasteiger partial charge in [-0.05, 0) is 42.7 Å². The van der Waals surface area contributed by atoms with Crippen molar-refractivity contribution in [3.05, 3.63) is 94.5 Å². The zero-order valence-corrected chi connectivity index (χ0v) is 24.1. The summed E-state index contributed by atoms with van der Waals surface area (Å²) in [5.41, 5.74) is 2.76. The average Bonchev–Trinajstić information content (AvgIpc) is 3.11. The highest BCUT2D eigenvalue weighted by molar-refractivity contribution is 6.32. The maximum atomic E-state index is 13.7. The van der Waals surface area contributed by atoms with Crippen LogP contribution in [0.4, 0.5) is 34.1 Å². The smallest absolute Gasteiger partial charge is 0.325 e. The Kier molecular flexibility index (Phi) is 7.93. The fourth-order valence-corrected chi connectivity index (χ4v) is 5.99. The third kappa shape index (κ3) is 6.07. The van der Waals surface area contributed by atoms with Crippen LogP contribution in [0.5, 0.6) is 0 Å². The Bertz CT molecular complexity index is 1630. The average molecular weight is 625 g/mol. The molecule has 0 radical (unpaired) electrons. The molecule has 3 aromatic rings. The van der Waals surface area contributed by atoms with Crippen molar-refractivity contribution < 1.29 is 27.6 Å². The van der Waals surface area contributed by atoms with E-state index in [-0.39, 0.29) is 47.1 Å². The Morgan fingerprint density at radius 1 is 1.00 bits per heavy atom. The summed E-state index contributed by atoms with van der Waals surface area (Å²) in [5, 5.41) is 5.73. The lowest BCUT2D eigenvalue weighted by atomic mass is 10.00. The predicted octanol–water partition coefficient (Wildman–Crippen LogP) is 5.63. The monoisotopic (exact) mass is 624 g/mol. The first-order valence-corrected chi connectivity index (χ1v) is 14.5. The minimum absolute atomic E-state index is 0.0155. The first kappa shape index (κ1) is 29.5. The molecule has 0 spiro atoms. The first-order chi connectivity index (χ1) is 21.1. The summed E-state index contributed by atoms with van der Waals surface area (Å²) in [6.07, 6.45) is -5.37. The number of hydrogen-bond acceptors (Lipinski definition) is 4. The summed E-state index contributed by atoms with van der Waals surface area (Å²) < 4.78 is 41.2. The van der Waals surface area contributed by atoms with Gasteiger partial charge in [0.2, 0.25) is 6.17 Å². The van der Waals surface area contributed by atoms with E-state index in [4.69, 9.17) is 11.6 Å². The van der Waals surface area contributed by atoms with Crippen molar-refractivity contribution in [1.29, 1.82) is 0 Å². The van der Waals surface area contributed by atoms with Gasteiger partial charge < -0.3 is 20.4 Å². The number of benzene rings is 3. The first-order valence-electron chi connectivity index (χ1n) is 14.1. The molecule has 3 aliphatic heterocycles. The van der Waals surface area contributed by atoms with Crippen molar-refractivity contribution in [3.63, 3.8) is 0 Å². The largest absolute Gasteiger partial charge is 0.406 e. The van der Waals surface area contributed by atoms with Crippen molar-refractivity contribution >= 4 is 46.7 Å². The minimum atomic E-state index is -4.72. The number of hydrogen-bond donors (Lipinski definition) is 2. The van der Waals surface area contributed by atoms with Gasteiger partial charge in [0, 0.05) is 47.5 Å². The van der Waals surface area contributed by atoms with Crippen LogP contribution in [-0.2, 0) is 11.3 Å². The topological polar surface area (TPSA) is 97.3 Å². The van der Waals surface area contributed by atoms with Crippen LogP contribution < -0.4 is 15.5 Å². The standard InChI is InChI=1S/C31H28ClF3N6O3/c32-21-10-11-25-23(16-21)26(19-6-2-1-3-7-19)37-27(28(42)41(25)18-31(33,34)35)38-29(43)39-14-12-22(13-15-39)40-17-20-8-4-5-9-24(20)36-30(40)44/h1-11,16,22,27H,12-15,17-18H2,(H,36,44)(H,38,43)/t27-/m0/s1. The number of para-hydroxylation sites is 1. The lowest BCUT2D eigenvalue weighted by Crippen LogP contribution is -2.56. The summed E-state index contributed by atoms with van der Waals surface area (Å²) in [6, 6.07) is 19.5. The fraction of sp³-hybridized carbons (Fsp3) is 0.290. The lowest BCUT2D eigenvalue weighted by molar-refractivity contribution is -0.133. The van der Waals surface area contributed by atoms with Gasteiger partial charge in [0.25, 0.3) is 5.91 Å². The third-order valence-electron chi connectivity index (χ3n) is 7.96. The molecule has 1 atom stereocenters. The molecule has 1 fully saturated rings. The van der Waals surface area contributed by atoms with Crippen LogP contribution in [0.15, 0.2) is 77.8 Å². The van der Waals surface area contributed by atoms with E-state index in [1.54, 1.807) is 35.2 Å². The number of nitrogens with one attached hydrogen (secondary N) is 2. The molecule has 5 amide bonds. The maximum absolute atomic E-state index is 13.7. The molecular weight excluding hydrogens is 597 g/mol. The summed E-state index contributed by atoms with van der Waals surface area (Å²) in [4.78, 5) is 48.2. The van der Waals surface area contributed by atoms with Crippen molar-refractivity contribution in [2.45, 2.75) is 37.8 Å². The third-order valence-corrected chi connectivity index (χ3v) is 8.20. The second-order valence-corrected chi connectivity index (χ2v) is 11.3. The molecule has 1 saturated heterocycles. The van der Waals surface area contributed by atoms with Gasteiger partial charge in [-0.2, -0.15) is 13.2 Å². The van der Waals surface area contributed by atoms with E-state index in [2.05, 4.69) is 15.6 Å². The number of aliphatic imine (C=N–C) groups is 1. The molecule has 0 unspecified atom stereocenters. The summed E-state index contributed by atoms with van der Waals surface area (Å²) >= 11 is 6.24. The van der Waals surface area contributed by atoms with Gasteiger partial charge in [0.05, 0.1) is 11.4 Å².